The smallest absolute Gasteiger partial charge is 0.0601 e. The highest BCUT2D eigenvalue weighted by molar-refractivity contribution is 4.74. The number of ether oxygens (including phenoxy) is 1. The molecule has 0 spiro atoms. The van der Waals surface area contributed by atoms with Crippen LogP contribution in [0.4, 0.5) is 0 Å². The van der Waals surface area contributed by atoms with Gasteiger partial charge in [-0.25, -0.2) is 0 Å². The number of piperazine rings is 1. The second kappa shape index (κ2) is 8.23. The summed E-state index contributed by atoms with van der Waals surface area (Å²) in [6.07, 6.45) is 7.23. The Kier molecular flexibility index (Phi) is 6.62. The predicted molar refractivity (Wildman–Crippen MR) is 80.5 cm³/mol. The Morgan fingerprint density at radius 2 is 1.58 bits per heavy atom. The van der Waals surface area contributed by atoms with Crippen LogP contribution in [0.5, 0.6) is 0 Å². The fourth-order valence-corrected chi connectivity index (χ4v) is 3.42. The lowest BCUT2D eigenvalue weighted by atomic mass is 9.88. The van der Waals surface area contributed by atoms with Crippen molar-refractivity contribution < 1.29 is 4.74 Å². The molecule has 3 nitrogen and oxygen atoms in total. The van der Waals surface area contributed by atoms with Gasteiger partial charge < -0.3 is 9.64 Å². The summed E-state index contributed by atoms with van der Waals surface area (Å²) in [4.78, 5) is 5.15. The van der Waals surface area contributed by atoms with Crippen molar-refractivity contribution >= 4 is 0 Å². The molecule has 2 aliphatic rings. The monoisotopic (exact) mass is 268 g/mol. The Balaban J connectivity index is 1.56. The third-order valence-electron chi connectivity index (χ3n) is 4.78. The van der Waals surface area contributed by atoms with Crippen LogP contribution < -0.4 is 0 Å². The number of nitrogens with zero attached hydrogens (tertiary/aromatic N) is 2. The molecule has 2 fully saturated rings. The largest absolute Gasteiger partial charge is 0.377 e. The van der Waals surface area contributed by atoms with E-state index in [-0.39, 0.29) is 0 Å². The van der Waals surface area contributed by atoms with Gasteiger partial charge in [-0.1, -0.05) is 26.7 Å². The van der Waals surface area contributed by atoms with Gasteiger partial charge in [0.25, 0.3) is 0 Å². The summed E-state index contributed by atoms with van der Waals surface area (Å²) in [5, 5.41) is 0. The third kappa shape index (κ3) is 5.05. The average Bonchev–Trinajstić information content (AvgIpc) is 2.43. The van der Waals surface area contributed by atoms with Crippen LogP contribution in [-0.4, -0.2) is 61.8 Å². The quantitative estimate of drug-likeness (QED) is 0.736. The Bertz CT molecular complexity index is 239. The van der Waals surface area contributed by atoms with Crippen LogP contribution in [-0.2, 0) is 4.74 Å². The van der Waals surface area contributed by atoms with Gasteiger partial charge in [0.2, 0.25) is 0 Å². The minimum atomic E-state index is 0.537. The molecule has 0 amide bonds. The van der Waals surface area contributed by atoms with E-state index in [1.165, 1.54) is 64.8 Å². The van der Waals surface area contributed by atoms with Crippen molar-refractivity contribution in [3.63, 3.8) is 0 Å². The lowest BCUT2D eigenvalue weighted by Gasteiger charge is -2.35. The van der Waals surface area contributed by atoms with Gasteiger partial charge in [-0.3, -0.25) is 4.90 Å². The van der Waals surface area contributed by atoms with E-state index in [9.17, 15) is 0 Å². The molecule has 112 valence electrons. The van der Waals surface area contributed by atoms with Gasteiger partial charge in [-0.15, -0.1) is 0 Å². The summed E-state index contributed by atoms with van der Waals surface area (Å²) < 4.78 is 6.12. The fraction of sp³-hybridized carbons (Fsp3) is 1.00. The predicted octanol–water partition coefficient (Wildman–Crippen LogP) is 2.61. The van der Waals surface area contributed by atoms with Crippen LogP contribution in [0.1, 0.15) is 46.0 Å². The molecule has 0 N–H and O–H groups in total. The summed E-state index contributed by atoms with van der Waals surface area (Å²) >= 11 is 0. The normalized spacial score (nSPS) is 30.6. The van der Waals surface area contributed by atoms with Crippen molar-refractivity contribution in [2.45, 2.75) is 52.1 Å². The van der Waals surface area contributed by atoms with E-state index in [4.69, 9.17) is 4.74 Å². The van der Waals surface area contributed by atoms with Crippen LogP contribution in [0.3, 0.4) is 0 Å². The minimum absolute atomic E-state index is 0.537. The molecule has 3 heteroatoms. The molecule has 0 aromatic rings. The SMILES string of the molecule is CCCN1CCN(CCO[C@H]2CCCC[C@@H]2C)CC1. The second-order valence-corrected chi connectivity index (χ2v) is 6.35. The summed E-state index contributed by atoms with van der Waals surface area (Å²) in [5.74, 6) is 0.773. The summed E-state index contributed by atoms with van der Waals surface area (Å²) in [7, 11) is 0. The summed E-state index contributed by atoms with van der Waals surface area (Å²) in [5.41, 5.74) is 0. The molecule has 0 aromatic carbocycles. The Morgan fingerprint density at radius 3 is 2.21 bits per heavy atom. The van der Waals surface area contributed by atoms with Gasteiger partial charge in [0.05, 0.1) is 12.7 Å². The standard InChI is InChI=1S/C16H32N2O/c1-3-8-17-9-11-18(12-10-17)13-14-19-16-7-5-4-6-15(16)2/h15-16H,3-14H2,1-2H3/t15-,16-/m0/s1. The van der Waals surface area contributed by atoms with E-state index in [0.717, 1.165) is 19.1 Å². The van der Waals surface area contributed by atoms with Crippen LogP contribution >= 0.6 is 0 Å². The molecule has 1 aliphatic heterocycles. The summed E-state index contributed by atoms with van der Waals surface area (Å²) in [6.45, 7) is 12.9. The van der Waals surface area contributed by atoms with Crippen molar-refractivity contribution in [2.24, 2.45) is 5.92 Å². The molecule has 0 radical (unpaired) electrons. The zero-order valence-corrected chi connectivity index (χ0v) is 12.9. The maximum Gasteiger partial charge on any atom is 0.0601 e. The molecule has 0 aromatic heterocycles. The van der Waals surface area contributed by atoms with E-state index < -0.39 is 0 Å². The van der Waals surface area contributed by atoms with Crippen molar-refractivity contribution in [3.05, 3.63) is 0 Å². The number of hydrogen-bond donors (Lipinski definition) is 0. The van der Waals surface area contributed by atoms with E-state index in [0.29, 0.717) is 6.10 Å². The average molecular weight is 268 g/mol. The second-order valence-electron chi connectivity index (χ2n) is 6.35. The molecule has 0 bridgehead atoms. The summed E-state index contributed by atoms with van der Waals surface area (Å²) in [6, 6.07) is 0. The van der Waals surface area contributed by atoms with Crippen LogP contribution in [0.15, 0.2) is 0 Å². The first-order valence-electron chi connectivity index (χ1n) is 8.36. The minimum Gasteiger partial charge on any atom is -0.377 e. The van der Waals surface area contributed by atoms with Crippen molar-refractivity contribution in [1.29, 1.82) is 0 Å². The molecule has 1 aliphatic carbocycles. The van der Waals surface area contributed by atoms with Gasteiger partial charge in [-0.05, 0) is 31.7 Å². The van der Waals surface area contributed by atoms with Crippen molar-refractivity contribution in [1.82, 2.24) is 9.80 Å². The lowest BCUT2D eigenvalue weighted by Crippen LogP contribution is -2.47. The van der Waals surface area contributed by atoms with Gasteiger partial charge in [0.1, 0.15) is 0 Å². The zero-order valence-electron chi connectivity index (χ0n) is 12.9. The van der Waals surface area contributed by atoms with Gasteiger partial charge in [0.15, 0.2) is 0 Å². The van der Waals surface area contributed by atoms with E-state index in [2.05, 4.69) is 23.6 Å². The molecule has 1 heterocycles. The first-order valence-corrected chi connectivity index (χ1v) is 8.36. The Hall–Kier alpha value is -0.120. The first-order chi connectivity index (χ1) is 9.29. The maximum absolute atomic E-state index is 6.12. The molecule has 2 atom stereocenters. The third-order valence-corrected chi connectivity index (χ3v) is 4.78. The number of rotatable bonds is 6. The highest BCUT2D eigenvalue weighted by atomic mass is 16.5. The Morgan fingerprint density at radius 1 is 0.947 bits per heavy atom. The van der Waals surface area contributed by atoms with E-state index in [1.807, 2.05) is 0 Å². The molecule has 1 saturated heterocycles. The molecular formula is C16H32N2O. The molecule has 19 heavy (non-hydrogen) atoms. The maximum atomic E-state index is 6.12. The van der Waals surface area contributed by atoms with Crippen molar-refractivity contribution in [3.8, 4) is 0 Å². The molecule has 2 rings (SSSR count). The van der Waals surface area contributed by atoms with E-state index >= 15 is 0 Å². The van der Waals surface area contributed by atoms with Crippen LogP contribution in [0.25, 0.3) is 0 Å². The van der Waals surface area contributed by atoms with E-state index in [1.54, 1.807) is 0 Å². The van der Waals surface area contributed by atoms with Crippen molar-refractivity contribution in [2.75, 3.05) is 45.9 Å². The fourth-order valence-electron chi connectivity index (χ4n) is 3.42. The topological polar surface area (TPSA) is 15.7 Å². The van der Waals surface area contributed by atoms with Gasteiger partial charge in [-0.2, -0.15) is 0 Å². The van der Waals surface area contributed by atoms with Gasteiger partial charge >= 0.3 is 0 Å². The zero-order chi connectivity index (χ0) is 13.5. The molecular weight excluding hydrogens is 236 g/mol. The first kappa shape index (κ1) is 15.3. The number of hydrogen-bond acceptors (Lipinski definition) is 3. The highest BCUT2D eigenvalue weighted by Gasteiger charge is 2.22. The molecule has 1 saturated carbocycles. The lowest BCUT2D eigenvalue weighted by molar-refractivity contribution is -0.0179. The van der Waals surface area contributed by atoms with Crippen LogP contribution in [0.2, 0.25) is 0 Å². The highest BCUT2D eigenvalue weighted by Crippen LogP contribution is 2.26. The van der Waals surface area contributed by atoms with Crippen LogP contribution in [0, 0.1) is 5.92 Å². The Labute approximate surface area is 119 Å². The molecule has 0 unspecified atom stereocenters. The van der Waals surface area contributed by atoms with Gasteiger partial charge in [0, 0.05) is 32.7 Å².